The summed E-state index contributed by atoms with van der Waals surface area (Å²) in [4.78, 5) is 20.6. The molecule has 4 rings (SSSR count). The van der Waals surface area contributed by atoms with E-state index in [1.807, 2.05) is 12.1 Å². The fourth-order valence-corrected chi connectivity index (χ4v) is 2.32. The lowest BCUT2D eigenvalue weighted by Crippen LogP contribution is -2.48. The minimum atomic E-state index is -0.250. The Morgan fingerprint density at radius 1 is 1.42 bits per heavy atom. The number of hydrogen-bond acceptors (Lipinski definition) is 8. The molecule has 0 spiro atoms. The Hall–Kier alpha value is -2.78. The van der Waals surface area contributed by atoms with Crippen LogP contribution in [-0.4, -0.2) is 47.9 Å². The average Bonchev–Trinajstić information content (AvgIpc) is 3.23. The van der Waals surface area contributed by atoms with Crippen molar-refractivity contribution in [2.45, 2.75) is 12.5 Å². The zero-order valence-corrected chi connectivity index (χ0v) is 12.8. The van der Waals surface area contributed by atoms with Crippen molar-refractivity contribution in [1.82, 2.24) is 20.7 Å². The summed E-state index contributed by atoms with van der Waals surface area (Å²) in [7, 11) is 0. The molecule has 9 nitrogen and oxygen atoms in total. The molecule has 24 heavy (non-hydrogen) atoms. The van der Waals surface area contributed by atoms with Gasteiger partial charge in [0.2, 0.25) is 5.89 Å². The van der Waals surface area contributed by atoms with Gasteiger partial charge in [-0.05, 0) is 12.1 Å². The summed E-state index contributed by atoms with van der Waals surface area (Å²) in [5.41, 5.74) is 4.98. The topological polar surface area (TPSA) is 105 Å². The molecule has 0 radical (unpaired) electrons. The molecule has 9 heteroatoms. The first-order chi connectivity index (χ1) is 11.8. The molecule has 0 aromatic carbocycles. The normalized spacial score (nSPS) is 17.1. The van der Waals surface area contributed by atoms with E-state index >= 15 is 0 Å². The van der Waals surface area contributed by atoms with E-state index in [-0.39, 0.29) is 17.6 Å². The van der Waals surface area contributed by atoms with Crippen LogP contribution in [0.4, 0.5) is 5.69 Å². The molecular formula is C15H16N6O3. The number of carbonyl (C=O) groups is 1. The number of hydrazone groups is 1. The number of nitrogens with one attached hydrogen (secondary N) is 2. The smallest absolute Gasteiger partial charge is 0.273 e. The van der Waals surface area contributed by atoms with E-state index in [2.05, 4.69) is 25.8 Å². The molecule has 0 bridgehead atoms. The van der Waals surface area contributed by atoms with Crippen LogP contribution in [0.2, 0.25) is 0 Å². The van der Waals surface area contributed by atoms with Crippen molar-refractivity contribution in [3.05, 3.63) is 41.9 Å². The van der Waals surface area contributed by atoms with Gasteiger partial charge in [-0.3, -0.25) is 9.78 Å². The molecule has 2 N–H and O–H groups in total. The third kappa shape index (κ3) is 3.12. The lowest BCUT2D eigenvalue weighted by atomic mass is 10.2. The first kappa shape index (κ1) is 14.8. The Bertz CT molecular complexity index is 753. The van der Waals surface area contributed by atoms with Gasteiger partial charge in [0.05, 0.1) is 44.1 Å². The first-order valence-corrected chi connectivity index (χ1v) is 7.62. The van der Waals surface area contributed by atoms with Crippen LogP contribution in [0, 0.1) is 0 Å². The third-order valence-electron chi connectivity index (χ3n) is 3.67. The van der Waals surface area contributed by atoms with Crippen LogP contribution in [0.15, 0.2) is 34.1 Å². The van der Waals surface area contributed by atoms with Gasteiger partial charge in [0.25, 0.3) is 5.91 Å². The predicted molar refractivity (Wildman–Crippen MR) is 84.6 cm³/mol. The van der Waals surface area contributed by atoms with Crippen molar-refractivity contribution in [2.24, 2.45) is 5.10 Å². The molecule has 1 amide bonds. The minimum absolute atomic E-state index is 0.0636. The van der Waals surface area contributed by atoms with Crippen molar-refractivity contribution >= 4 is 17.8 Å². The first-order valence-electron chi connectivity index (χ1n) is 7.62. The van der Waals surface area contributed by atoms with E-state index in [9.17, 15) is 4.79 Å². The lowest BCUT2D eigenvalue weighted by molar-refractivity contribution is -0.00355. The summed E-state index contributed by atoms with van der Waals surface area (Å²) in [6, 6.07) is 3.85. The molecule has 2 aromatic heterocycles. The van der Waals surface area contributed by atoms with Crippen LogP contribution in [0.5, 0.6) is 0 Å². The summed E-state index contributed by atoms with van der Waals surface area (Å²) in [5.74, 6) is 0.196. The van der Waals surface area contributed by atoms with Crippen molar-refractivity contribution in [3.8, 4) is 0 Å². The summed E-state index contributed by atoms with van der Waals surface area (Å²) >= 11 is 0. The number of ether oxygens (including phenoxy) is 1. The molecule has 2 aliphatic heterocycles. The van der Waals surface area contributed by atoms with Crippen LogP contribution < -0.4 is 15.9 Å². The maximum absolute atomic E-state index is 12.0. The fourth-order valence-electron chi connectivity index (χ4n) is 2.32. The highest BCUT2D eigenvalue weighted by molar-refractivity contribution is 5.92. The number of rotatable bonds is 5. The van der Waals surface area contributed by atoms with E-state index in [0.717, 1.165) is 11.4 Å². The highest BCUT2D eigenvalue weighted by Crippen LogP contribution is 2.15. The largest absolute Gasteiger partial charge is 0.448 e. The molecule has 1 fully saturated rings. The maximum atomic E-state index is 12.0. The van der Waals surface area contributed by atoms with Gasteiger partial charge in [-0.15, -0.1) is 0 Å². The van der Waals surface area contributed by atoms with Crippen molar-refractivity contribution in [2.75, 3.05) is 24.9 Å². The molecule has 1 saturated heterocycles. The SMILES string of the molecule is O=C(NC1COC1)c1coc(Cc2ccc(N3N=CCN3)cn2)n1. The molecule has 0 atom stereocenters. The Morgan fingerprint density at radius 3 is 3.00 bits per heavy atom. The van der Waals surface area contributed by atoms with E-state index in [1.165, 1.54) is 6.26 Å². The van der Waals surface area contributed by atoms with Crippen molar-refractivity contribution in [1.29, 1.82) is 0 Å². The van der Waals surface area contributed by atoms with Gasteiger partial charge in [-0.2, -0.15) is 10.2 Å². The molecule has 0 unspecified atom stereocenters. The lowest BCUT2D eigenvalue weighted by Gasteiger charge is -2.26. The average molecular weight is 328 g/mol. The number of nitrogens with zero attached hydrogens (tertiary/aromatic N) is 4. The monoisotopic (exact) mass is 328 g/mol. The Labute approximate surface area is 137 Å². The molecule has 4 heterocycles. The molecule has 0 aliphatic carbocycles. The number of amides is 1. The van der Waals surface area contributed by atoms with Gasteiger partial charge in [-0.1, -0.05) is 0 Å². The minimum Gasteiger partial charge on any atom is -0.448 e. The summed E-state index contributed by atoms with van der Waals surface area (Å²) in [6.07, 6.45) is 5.28. The highest BCUT2D eigenvalue weighted by Gasteiger charge is 2.22. The summed E-state index contributed by atoms with van der Waals surface area (Å²) in [6.45, 7) is 1.79. The van der Waals surface area contributed by atoms with E-state index in [4.69, 9.17) is 9.15 Å². The van der Waals surface area contributed by atoms with Gasteiger partial charge in [0.15, 0.2) is 5.69 Å². The summed E-state index contributed by atoms with van der Waals surface area (Å²) in [5, 5.41) is 8.63. The standard InChI is InChI=1S/C15H16N6O3/c22-15(19-11-7-23-8-11)13-9-24-14(20-13)5-10-1-2-12(6-16-10)21-17-3-4-18-21/h1-3,6,9,11,18H,4-5,7-8H2,(H,19,22). The molecule has 0 saturated carbocycles. The van der Waals surface area contributed by atoms with Crippen molar-refractivity contribution < 1.29 is 13.9 Å². The van der Waals surface area contributed by atoms with Crippen LogP contribution in [0.1, 0.15) is 22.1 Å². The number of hydrazine groups is 1. The van der Waals surface area contributed by atoms with Gasteiger partial charge < -0.3 is 14.5 Å². The molecule has 124 valence electrons. The molecule has 2 aliphatic rings. The van der Waals surface area contributed by atoms with Crippen molar-refractivity contribution in [3.63, 3.8) is 0 Å². The number of oxazole rings is 1. The molecule has 2 aromatic rings. The number of carbonyl (C=O) groups excluding carboxylic acids is 1. The zero-order valence-electron chi connectivity index (χ0n) is 12.8. The molecular weight excluding hydrogens is 312 g/mol. The third-order valence-corrected chi connectivity index (χ3v) is 3.67. The van der Waals surface area contributed by atoms with E-state index in [1.54, 1.807) is 17.5 Å². The van der Waals surface area contributed by atoms with Crippen LogP contribution >= 0.6 is 0 Å². The Balaban J connectivity index is 1.38. The quantitative estimate of drug-likeness (QED) is 0.802. The fraction of sp³-hybridized carbons (Fsp3) is 0.333. The van der Waals surface area contributed by atoms with Gasteiger partial charge >= 0.3 is 0 Å². The summed E-state index contributed by atoms with van der Waals surface area (Å²) < 4.78 is 10.4. The number of aromatic nitrogens is 2. The highest BCUT2D eigenvalue weighted by atomic mass is 16.5. The Kier molecular flexibility index (Phi) is 3.93. The predicted octanol–water partition coefficient (Wildman–Crippen LogP) is 0.0994. The van der Waals surface area contributed by atoms with Gasteiger partial charge in [0, 0.05) is 11.9 Å². The second-order valence-corrected chi connectivity index (χ2v) is 5.49. The Morgan fingerprint density at radius 2 is 2.33 bits per heavy atom. The maximum Gasteiger partial charge on any atom is 0.273 e. The number of pyridine rings is 1. The van der Waals surface area contributed by atoms with Gasteiger partial charge in [-0.25, -0.2) is 10.4 Å². The van der Waals surface area contributed by atoms with E-state index < -0.39 is 0 Å². The van der Waals surface area contributed by atoms with Crippen LogP contribution in [0.25, 0.3) is 0 Å². The number of hydrogen-bond donors (Lipinski definition) is 2. The second kappa shape index (κ2) is 6.38. The van der Waals surface area contributed by atoms with Gasteiger partial charge in [0.1, 0.15) is 6.26 Å². The number of anilines is 1. The second-order valence-electron chi connectivity index (χ2n) is 5.49. The van der Waals surface area contributed by atoms with Crippen LogP contribution in [0.3, 0.4) is 0 Å². The zero-order chi connectivity index (χ0) is 16.4. The van der Waals surface area contributed by atoms with E-state index in [0.29, 0.717) is 32.1 Å². The van der Waals surface area contributed by atoms with Crippen LogP contribution in [-0.2, 0) is 11.2 Å².